The second kappa shape index (κ2) is 2.95. The highest BCUT2D eigenvalue weighted by molar-refractivity contribution is 6.10. The van der Waals surface area contributed by atoms with Gasteiger partial charge in [-0.25, -0.2) is 0 Å². The molecule has 0 bridgehead atoms. The largest absolute Gasteiger partial charge is 0.397 e. The highest BCUT2D eigenvalue weighted by Crippen LogP contribution is 2.28. The van der Waals surface area contributed by atoms with Crippen molar-refractivity contribution in [3.05, 3.63) is 48.7 Å². The number of nitrogen functional groups attached to an aromatic ring is 1. The lowest BCUT2D eigenvalue weighted by atomic mass is 10.0. The summed E-state index contributed by atoms with van der Waals surface area (Å²) in [5.41, 5.74) is 7.59. The predicted octanol–water partition coefficient (Wildman–Crippen LogP) is 2.97. The Morgan fingerprint density at radius 3 is 2.67 bits per heavy atom. The first kappa shape index (κ1) is 8.24. The van der Waals surface area contributed by atoms with Crippen molar-refractivity contribution >= 4 is 27.4 Å². The second-order valence-corrected chi connectivity index (χ2v) is 3.59. The van der Waals surface area contributed by atoms with Gasteiger partial charge < -0.3 is 5.73 Å². The molecule has 0 fully saturated rings. The van der Waals surface area contributed by atoms with Crippen molar-refractivity contribution in [1.29, 1.82) is 0 Å². The summed E-state index contributed by atoms with van der Waals surface area (Å²) in [6, 6.07) is 14.2. The molecule has 2 aromatic carbocycles. The van der Waals surface area contributed by atoms with E-state index in [1.165, 1.54) is 5.39 Å². The maximum atomic E-state index is 5.96. The molecule has 0 saturated carbocycles. The van der Waals surface area contributed by atoms with Crippen molar-refractivity contribution in [3.63, 3.8) is 0 Å². The van der Waals surface area contributed by atoms with E-state index in [0.717, 1.165) is 22.0 Å². The van der Waals surface area contributed by atoms with Crippen LogP contribution in [0.15, 0.2) is 48.7 Å². The van der Waals surface area contributed by atoms with Gasteiger partial charge in [-0.15, -0.1) is 0 Å². The van der Waals surface area contributed by atoms with Gasteiger partial charge in [0.15, 0.2) is 0 Å². The summed E-state index contributed by atoms with van der Waals surface area (Å²) < 4.78 is 0. The molecule has 0 aliphatic heterocycles. The van der Waals surface area contributed by atoms with Crippen LogP contribution >= 0.6 is 0 Å². The Labute approximate surface area is 87.4 Å². The Morgan fingerprint density at radius 2 is 1.73 bits per heavy atom. The molecule has 0 amide bonds. The molecular formula is C13H10N2. The Hall–Kier alpha value is -2.09. The van der Waals surface area contributed by atoms with Crippen LogP contribution in [0.25, 0.3) is 21.7 Å². The predicted molar refractivity (Wildman–Crippen MR) is 63.7 cm³/mol. The summed E-state index contributed by atoms with van der Waals surface area (Å²) >= 11 is 0. The van der Waals surface area contributed by atoms with Gasteiger partial charge >= 0.3 is 0 Å². The number of aromatic nitrogens is 1. The van der Waals surface area contributed by atoms with Crippen molar-refractivity contribution in [3.8, 4) is 0 Å². The molecule has 3 aromatic rings. The molecule has 2 nitrogen and oxygen atoms in total. The smallest absolute Gasteiger partial charge is 0.0937 e. The van der Waals surface area contributed by atoms with Crippen LogP contribution in [0.4, 0.5) is 5.69 Å². The normalized spacial score (nSPS) is 10.9. The summed E-state index contributed by atoms with van der Waals surface area (Å²) in [6.07, 6.45) is 1.77. The van der Waals surface area contributed by atoms with Crippen molar-refractivity contribution < 1.29 is 0 Å². The third-order valence-electron chi connectivity index (χ3n) is 2.64. The Balaban J connectivity index is 2.64. The number of hydrogen-bond acceptors (Lipinski definition) is 2. The first-order valence-electron chi connectivity index (χ1n) is 4.88. The molecular weight excluding hydrogens is 184 g/mol. The molecule has 15 heavy (non-hydrogen) atoms. The topological polar surface area (TPSA) is 38.9 Å². The minimum atomic E-state index is 0.740. The van der Waals surface area contributed by atoms with E-state index in [-0.39, 0.29) is 0 Å². The maximum Gasteiger partial charge on any atom is 0.0937 e. The molecule has 0 aliphatic rings. The molecule has 0 atom stereocenters. The number of anilines is 1. The molecule has 3 rings (SSSR count). The lowest BCUT2D eigenvalue weighted by Gasteiger charge is -2.05. The van der Waals surface area contributed by atoms with Crippen LogP contribution in [0.1, 0.15) is 0 Å². The number of pyridine rings is 1. The number of nitrogens with zero attached hydrogens (tertiary/aromatic N) is 1. The quantitative estimate of drug-likeness (QED) is 0.441. The van der Waals surface area contributed by atoms with E-state index in [1.54, 1.807) is 6.20 Å². The van der Waals surface area contributed by atoms with Crippen molar-refractivity contribution in [2.24, 2.45) is 0 Å². The minimum Gasteiger partial charge on any atom is -0.397 e. The van der Waals surface area contributed by atoms with E-state index >= 15 is 0 Å². The molecule has 0 spiro atoms. The molecule has 2 N–H and O–H groups in total. The average Bonchev–Trinajstić information content (AvgIpc) is 2.30. The zero-order chi connectivity index (χ0) is 10.3. The van der Waals surface area contributed by atoms with E-state index in [4.69, 9.17) is 5.73 Å². The Morgan fingerprint density at radius 1 is 0.933 bits per heavy atom. The molecule has 0 aliphatic carbocycles. The average molecular weight is 194 g/mol. The van der Waals surface area contributed by atoms with Gasteiger partial charge in [-0.2, -0.15) is 0 Å². The fourth-order valence-electron chi connectivity index (χ4n) is 1.96. The monoisotopic (exact) mass is 194 g/mol. The van der Waals surface area contributed by atoms with E-state index < -0.39 is 0 Å². The number of benzene rings is 2. The molecule has 2 heteroatoms. The maximum absolute atomic E-state index is 5.96. The molecule has 1 heterocycles. The summed E-state index contributed by atoms with van der Waals surface area (Å²) in [4.78, 5) is 4.31. The van der Waals surface area contributed by atoms with Crippen LogP contribution < -0.4 is 5.73 Å². The van der Waals surface area contributed by atoms with Crippen LogP contribution in [0.5, 0.6) is 0 Å². The van der Waals surface area contributed by atoms with Crippen molar-refractivity contribution in [2.45, 2.75) is 0 Å². The van der Waals surface area contributed by atoms with Gasteiger partial charge in [0.2, 0.25) is 0 Å². The van der Waals surface area contributed by atoms with Gasteiger partial charge in [0.1, 0.15) is 0 Å². The van der Waals surface area contributed by atoms with E-state index in [0.29, 0.717) is 0 Å². The van der Waals surface area contributed by atoms with E-state index in [1.807, 2.05) is 24.3 Å². The summed E-state index contributed by atoms with van der Waals surface area (Å²) in [6.45, 7) is 0. The summed E-state index contributed by atoms with van der Waals surface area (Å²) in [5, 5.41) is 3.48. The number of rotatable bonds is 0. The highest BCUT2D eigenvalue weighted by Gasteiger charge is 2.03. The van der Waals surface area contributed by atoms with E-state index in [9.17, 15) is 0 Å². The van der Waals surface area contributed by atoms with Crippen LogP contribution in [-0.2, 0) is 0 Å². The number of hydrogen-bond donors (Lipinski definition) is 1. The fourth-order valence-corrected chi connectivity index (χ4v) is 1.96. The third-order valence-corrected chi connectivity index (χ3v) is 2.64. The van der Waals surface area contributed by atoms with Gasteiger partial charge in [-0.3, -0.25) is 4.98 Å². The molecule has 0 saturated heterocycles. The van der Waals surface area contributed by atoms with Gasteiger partial charge in [-0.1, -0.05) is 30.3 Å². The third kappa shape index (κ3) is 1.15. The van der Waals surface area contributed by atoms with Gasteiger partial charge in [0, 0.05) is 11.6 Å². The van der Waals surface area contributed by atoms with Crippen molar-refractivity contribution in [2.75, 3.05) is 5.73 Å². The van der Waals surface area contributed by atoms with Gasteiger partial charge in [0.25, 0.3) is 0 Å². The van der Waals surface area contributed by atoms with Gasteiger partial charge in [0.05, 0.1) is 11.2 Å². The van der Waals surface area contributed by atoms with Gasteiger partial charge in [-0.05, 0) is 22.9 Å². The number of fused-ring (bicyclic) bond motifs is 3. The Bertz CT molecular complexity index is 644. The summed E-state index contributed by atoms with van der Waals surface area (Å²) in [5.74, 6) is 0. The van der Waals surface area contributed by atoms with E-state index in [2.05, 4.69) is 23.2 Å². The number of nitrogens with two attached hydrogens (primary N) is 1. The fraction of sp³-hybridized carbons (Fsp3) is 0. The first-order valence-corrected chi connectivity index (χ1v) is 4.88. The van der Waals surface area contributed by atoms with Crippen LogP contribution in [0.2, 0.25) is 0 Å². The molecule has 72 valence electrons. The Kier molecular flexibility index (Phi) is 1.62. The lowest BCUT2D eigenvalue weighted by molar-refractivity contribution is 1.42. The van der Waals surface area contributed by atoms with Crippen LogP contribution in [0.3, 0.4) is 0 Å². The SMILES string of the molecule is Nc1cc2ccccc2c2cccnc12. The zero-order valence-corrected chi connectivity index (χ0v) is 8.14. The van der Waals surface area contributed by atoms with Crippen molar-refractivity contribution in [1.82, 2.24) is 4.98 Å². The summed E-state index contributed by atoms with van der Waals surface area (Å²) in [7, 11) is 0. The lowest BCUT2D eigenvalue weighted by Crippen LogP contribution is -1.90. The molecule has 0 unspecified atom stereocenters. The van der Waals surface area contributed by atoms with Crippen LogP contribution in [-0.4, -0.2) is 4.98 Å². The molecule has 1 aromatic heterocycles. The standard InChI is InChI=1S/C13H10N2/c14-12-8-9-4-1-2-5-10(9)11-6-3-7-15-13(11)12/h1-8H,14H2. The first-order chi connectivity index (χ1) is 7.36. The second-order valence-electron chi connectivity index (χ2n) is 3.59. The molecule has 0 radical (unpaired) electrons. The minimum absolute atomic E-state index is 0.740. The highest BCUT2D eigenvalue weighted by atomic mass is 14.7. The van der Waals surface area contributed by atoms with Crippen LogP contribution in [0, 0.1) is 0 Å². The zero-order valence-electron chi connectivity index (χ0n) is 8.14.